The van der Waals surface area contributed by atoms with E-state index >= 15 is 0 Å². The fourth-order valence-electron chi connectivity index (χ4n) is 9.23. The number of unbranched alkanes of at least 4 members (excludes halogenated alkanes) is 26. The summed E-state index contributed by atoms with van der Waals surface area (Å²) in [7, 11) is 0. The van der Waals surface area contributed by atoms with Crippen LogP contribution in [0.2, 0.25) is 0 Å². The Kier molecular flexibility index (Phi) is 65.8. The lowest BCUT2D eigenvalue weighted by Gasteiger charge is -2.18. The molecule has 6 heteroatoms. The molecule has 0 N–H and O–H groups in total. The van der Waals surface area contributed by atoms with Gasteiger partial charge in [0.15, 0.2) is 6.10 Å². The Morgan fingerprint density at radius 2 is 0.470 bits per heavy atom. The molecule has 0 heterocycles. The SMILES string of the molecule is CC/C=C\C/C=C\C/C=C\C/C=C\C/C=C\CCCCCCCC(=O)OCC(COC(=O)CCCCCCCCCCCCC/C=C\C/C=C\CCCCCCC)OC(=O)CCCCCCC/C=C\C/C=C\C/C=C\C/C=C\C/C=C\CC. The second-order valence-corrected chi connectivity index (χ2v) is 22.3. The zero-order chi connectivity index (χ0) is 59.9. The molecule has 0 saturated carbocycles. The Morgan fingerprint density at radius 1 is 0.253 bits per heavy atom. The highest BCUT2D eigenvalue weighted by Gasteiger charge is 2.19. The van der Waals surface area contributed by atoms with Crippen molar-refractivity contribution in [3.05, 3.63) is 146 Å². The standard InChI is InChI=1S/C77H126O6/c1-4-7-10-13-16-19-22-25-28-31-34-37-38-41-43-46-49-52-55-58-61-64-67-70-76(79)82-73-74(83-77(80)71-68-65-62-59-56-53-50-47-44-40-36-33-30-27-24-21-18-15-12-9-6-3)72-81-75(78)69-66-63-60-57-54-51-48-45-42-39-35-32-29-26-23-20-17-14-11-8-5-2/h8-9,11-12,17-18,20-22,25-27,29-31,34-36,39-40,45,47-48,50,74H,4-7,10,13-16,19,23-24,28,32-33,37-38,41-44,46,49,51-73H2,1-3H3/b11-8-,12-9-,20-17-,21-18-,25-22-,29-26-,30-27-,34-31-,39-35-,40-36-,48-45-,50-47-. The highest BCUT2D eigenvalue weighted by atomic mass is 16.6. The lowest BCUT2D eigenvalue weighted by atomic mass is 10.0. The molecule has 0 rings (SSSR count). The van der Waals surface area contributed by atoms with Crippen molar-refractivity contribution in [3.63, 3.8) is 0 Å². The Balaban J connectivity index is 4.48. The van der Waals surface area contributed by atoms with Crippen molar-refractivity contribution in [1.29, 1.82) is 0 Å². The number of rotatable bonds is 61. The maximum Gasteiger partial charge on any atom is 0.306 e. The molecule has 0 amide bonds. The summed E-state index contributed by atoms with van der Waals surface area (Å²) in [6.45, 7) is 6.39. The minimum Gasteiger partial charge on any atom is -0.462 e. The number of hydrogen-bond donors (Lipinski definition) is 0. The number of carbonyl (C=O) groups excluding carboxylic acids is 3. The first-order valence-electron chi connectivity index (χ1n) is 34.3. The van der Waals surface area contributed by atoms with E-state index in [4.69, 9.17) is 14.2 Å². The molecule has 0 radical (unpaired) electrons. The van der Waals surface area contributed by atoms with Gasteiger partial charge in [0.05, 0.1) is 0 Å². The monoisotopic (exact) mass is 1150 g/mol. The third-order valence-corrected chi connectivity index (χ3v) is 14.3. The quantitative estimate of drug-likeness (QED) is 0.0261. The van der Waals surface area contributed by atoms with Gasteiger partial charge in [-0.15, -0.1) is 0 Å². The lowest BCUT2D eigenvalue weighted by Crippen LogP contribution is -2.30. The van der Waals surface area contributed by atoms with Crippen molar-refractivity contribution >= 4 is 17.9 Å². The first-order valence-corrected chi connectivity index (χ1v) is 34.3. The average molecular weight is 1150 g/mol. The molecule has 0 aromatic heterocycles. The fourth-order valence-corrected chi connectivity index (χ4v) is 9.23. The molecule has 0 aliphatic heterocycles. The summed E-state index contributed by atoms with van der Waals surface area (Å²) in [6.07, 6.45) is 99.9. The van der Waals surface area contributed by atoms with E-state index in [1.807, 2.05) is 0 Å². The van der Waals surface area contributed by atoms with Gasteiger partial charge in [-0.2, -0.15) is 0 Å². The highest BCUT2D eigenvalue weighted by molar-refractivity contribution is 5.71. The molecule has 1 unspecified atom stereocenters. The van der Waals surface area contributed by atoms with Crippen LogP contribution in [0.4, 0.5) is 0 Å². The second kappa shape index (κ2) is 69.8. The van der Waals surface area contributed by atoms with E-state index < -0.39 is 6.10 Å². The molecule has 1 atom stereocenters. The Hall–Kier alpha value is -4.71. The van der Waals surface area contributed by atoms with Gasteiger partial charge in [-0.3, -0.25) is 14.4 Å². The van der Waals surface area contributed by atoms with Crippen LogP contribution in [-0.2, 0) is 28.6 Å². The van der Waals surface area contributed by atoms with Crippen LogP contribution in [0.15, 0.2) is 146 Å². The normalized spacial score (nSPS) is 13.0. The van der Waals surface area contributed by atoms with Crippen LogP contribution in [-0.4, -0.2) is 37.2 Å². The predicted octanol–water partition coefficient (Wildman–Crippen LogP) is 23.9. The van der Waals surface area contributed by atoms with Gasteiger partial charge in [0.1, 0.15) is 13.2 Å². The molecule has 0 aromatic rings. The summed E-state index contributed by atoms with van der Waals surface area (Å²) in [5, 5.41) is 0. The predicted molar refractivity (Wildman–Crippen MR) is 362 cm³/mol. The fraction of sp³-hybridized carbons (Fsp3) is 0.649. The number of carbonyl (C=O) groups is 3. The topological polar surface area (TPSA) is 78.9 Å². The van der Waals surface area contributed by atoms with Gasteiger partial charge in [-0.05, 0) is 141 Å². The molecule has 0 spiro atoms. The Bertz CT molecular complexity index is 1800. The number of ether oxygens (including phenoxy) is 3. The van der Waals surface area contributed by atoms with Crippen LogP contribution in [0.3, 0.4) is 0 Å². The summed E-state index contributed by atoms with van der Waals surface area (Å²) in [5.74, 6) is -0.934. The molecule has 0 fully saturated rings. The maximum atomic E-state index is 13.0. The van der Waals surface area contributed by atoms with Gasteiger partial charge in [-0.1, -0.05) is 289 Å². The molecule has 0 saturated heterocycles. The van der Waals surface area contributed by atoms with Crippen molar-refractivity contribution in [2.45, 2.75) is 309 Å². The molecule has 470 valence electrons. The van der Waals surface area contributed by atoms with E-state index in [1.54, 1.807) is 0 Å². The van der Waals surface area contributed by atoms with Gasteiger partial charge >= 0.3 is 17.9 Å². The van der Waals surface area contributed by atoms with E-state index in [2.05, 4.69) is 167 Å². The van der Waals surface area contributed by atoms with E-state index in [9.17, 15) is 14.4 Å². The van der Waals surface area contributed by atoms with Crippen LogP contribution in [0.5, 0.6) is 0 Å². The summed E-state index contributed by atoms with van der Waals surface area (Å²) < 4.78 is 17.0. The van der Waals surface area contributed by atoms with Gasteiger partial charge in [-0.25, -0.2) is 0 Å². The van der Waals surface area contributed by atoms with E-state index in [0.717, 1.165) is 167 Å². The molecule has 0 aliphatic carbocycles. The third-order valence-electron chi connectivity index (χ3n) is 14.3. The summed E-state index contributed by atoms with van der Waals surface area (Å²) in [4.78, 5) is 38.5. The molecule has 0 aromatic carbocycles. The van der Waals surface area contributed by atoms with E-state index in [0.29, 0.717) is 19.3 Å². The molecule has 6 nitrogen and oxygen atoms in total. The number of esters is 3. The summed E-state index contributed by atoms with van der Waals surface area (Å²) in [5.41, 5.74) is 0. The van der Waals surface area contributed by atoms with Crippen molar-refractivity contribution in [3.8, 4) is 0 Å². The summed E-state index contributed by atoms with van der Waals surface area (Å²) >= 11 is 0. The summed E-state index contributed by atoms with van der Waals surface area (Å²) in [6, 6.07) is 0. The highest BCUT2D eigenvalue weighted by Crippen LogP contribution is 2.15. The van der Waals surface area contributed by atoms with Crippen molar-refractivity contribution in [1.82, 2.24) is 0 Å². The number of hydrogen-bond acceptors (Lipinski definition) is 6. The zero-order valence-corrected chi connectivity index (χ0v) is 53.9. The van der Waals surface area contributed by atoms with E-state index in [1.165, 1.54) is 96.3 Å². The van der Waals surface area contributed by atoms with Crippen LogP contribution in [0.1, 0.15) is 303 Å². The van der Waals surface area contributed by atoms with Crippen LogP contribution >= 0.6 is 0 Å². The van der Waals surface area contributed by atoms with Crippen molar-refractivity contribution < 1.29 is 28.6 Å². The third kappa shape index (κ3) is 68.0. The van der Waals surface area contributed by atoms with Crippen LogP contribution < -0.4 is 0 Å². The van der Waals surface area contributed by atoms with Crippen molar-refractivity contribution in [2.75, 3.05) is 13.2 Å². The molecule has 0 aliphatic rings. The molecular formula is C77H126O6. The molecular weight excluding hydrogens is 1020 g/mol. The second-order valence-electron chi connectivity index (χ2n) is 22.3. The van der Waals surface area contributed by atoms with Crippen LogP contribution in [0.25, 0.3) is 0 Å². The van der Waals surface area contributed by atoms with Crippen LogP contribution in [0, 0.1) is 0 Å². The Morgan fingerprint density at radius 3 is 0.735 bits per heavy atom. The maximum absolute atomic E-state index is 13.0. The smallest absolute Gasteiger partial charge is 0.306 e. The number of allylic oxidation sites excluding steroid dienone is 24. The largest absolute Gasteiger partial charge is 0.462 e. The molecule has 83 heavy (non-hydrogen) atoms. The van der Waals surface area contributed by atoms with Gasteiger partial charge in [0.25, 0.3) is 0 Å². The first kappa shape index (κ1) is 78.3. The zero-order valence-electron chi connectivity index (χ0n) is 53.9. The molecule has 0 bridgehead atoms. The van der Waals surface area contributed by atoms with Gasteiger partial charge in [0.2, 0.25) is 0 Å². The lowest BCUT2D eigenvalue weighted by molar-refractivity contribution is -0.167. The Labute approximate surface area is 512 Å². The van der Waals surface area contributed by atoms with E-state index in [-0.39, 0.29) is 31.1 Å². The minimum atomic E-state index is -0.807. The average Bonchev–Trinajstić information content (AvgIpc) is 3.49. The van der Waals surface area contributed by atoms with Gasteiger partial charge < -0.3 is 14.2 Å². The first-order chi connectivity index (χ1) is 41.0. The van der Waals surface area contributed by atoms with Gasteiger partial charge in [0, 0.05) is 19.3 Å². The van der Waals surface area contributed by atoms with Crippen molar-refractivity contribution in [2.24, 2.45) is 0 Å². The minimum absolute atomic E-state index is 0.0980.